The molecule has 7 heteroatoms. The van der Waals surface area contributed by atoms with E-state index in [-0.39, 0.29) is 37.8 Å². The standard InChI is InChI=1S/C10H7Cl3N2O2/c1-2-17-8-6(12)4-3(5(11)7(8)13)9(14)15-10(4)16/h2H2,1H3,(H2,14,15,16). The molecule has 2 rings (SSSR count). The van der Waals surface area contributed by atoms with Crippen molar-refractivity contribution in [2.24, 2.45) is 0 Å². The molecule has 0 fully saturated rings. The van der Waals surface area contributed by atoms with Gasteiger partial charge in [0.2, 0.25) is 0 Å². The third-order valence-electron chi connectivity index (χ3n) is 2.28. The molecule has 90 valence electrons. The van der Waals surface area contributed by atoms with E-state index in [0.29, 0.717) is 6.61 Å². The summed E-state index contributed by atoms with van der Waals surface area (Å²) in [5.74, 6) is -0.416. The smallest absolute Gasteiger partial charge is 0.259 e. The summed E-state index contributed by atoms with van der Waals surface area (Å²) < 4.78 is 5.26. The number of hydrogen-bond donors (Lipinski definition) is 2. The number of halogens is 3. The molecule has 4 nitrogen and oxygen atoms in total. The molecule has 0 spiro atoms. The Kier molecular flexibility index (Phi) is 3.21. The van der Waals surface area contributed by atoms with Gasteiger partial charge in [0.25, 0.3) is 5.91 Å². The van der Waals surface area contributed by atoms with Gasteiger partial charge in [-0.05, 0) is 6.92 Å². The van der Waals surface area contributed by atoms with Crippen LogP contribution in [0.15, 0.2) is 0 Å². The van der Waals surface area contributed by atoms with Crippen molar-refractivity contribution in [3.05, 3.63) is 26.2 Å². The van der Waals surface area contributed by atoms with Crippen LogP contribution in [0, 0.1) is 5.41 Å². The largest absolute Gasteiger partial charge is 0.491 e. The topological polar surface area (TPSA) is 62.2 Å². The van der Waals surface area contributed by atoms with Gasteiger partial charge < -0.3 is 10.1 Å². The molecule has 1 aromatic carbocycles. The SMILES string of the molecule is CCOc1c(Cl)c(Cl)c2c(c1Cl)C(=O)NC2=N. The lowest BCUT2D eigenvalue weighted by atomic mass is 10.1. The highest BCUT2D eigenvalue weighted by atomic mass is 35.5. The van der Waals surface area contributed by atoms with Gasteiger partial charge in [-0.25, -0.2) is 0 Å². The zero-order valence-corrected chi connectivity index (χ0v) is 10.9. The van der Waals surface area contributed by atoms with E-state index < -0.39 is 5.91 Å². The molecule has 0 radical (unpaired) electrons. The summed E-state index contributed by atoms with van der Waals surface area (Å²) in [6, 6.07) is 0. The van der Waals surface area contributed by atoms with E-state index in [1.165, 1.54) is 0 Å². The van der Waals surface area contributed by atoms with Gasteiger partial charge in [0.1, 0.15) is 10.9 Å². The summed E-state index contributed by atoms with van der Waals surface area (Å²) in [6.45, 7) is 2.10. The van der Waals surface area contributed by atoms with Crippen LogP contribution in [-0.4, -0.2) is 18.3 Å². The average Bonchev–Trinajstić information content (AvgIpc) is 2.57. The summed E-state index contributed by atoms with van der Waals surface area (Å²) in [5.41, 5.74) is 0.352. The zero-order valence-electron chi connectivity index (χ0n) is 8.66. The van der Waals surface area contributed by atoms with Gasteiger partial charge in [-0.3, -0.25) is 10.2 Å². The third kappa shape index (κ3) is 1.76. The molecular formula is C10H7Cl3N2O2. The van der Waals surface area contributed by atoms with Crippen LogP contribution in [0.3, 0.4) is 0 Å². The molecular weight excluding hydrogens is 286 g/mol. The fourth-order valence-electron chi connectivity index (χ4n) is 1.60. The molecule has 0 aliphatic carbocycles. The van der Waals surface area contributed by atoms with Crippen molar-refractivity contribution < 1.29 is 9.53 Å². The molecule has 1 heterocycles. The Morgan fingerprint density at radius 2 is 1.82 bits per heavy atom. The molecule has 1 amide bonds. The van der Waals surface area contributed by atoms with Gasteiger partial charge in [0, 0.05) is 0 Å². The second-order valence-electron chi connectivity index (χ2n) is 3.28. The minimum Gasteiger partial charge on any atom is -0.491 e. The lowest BCUT2D eigenvalue weighted by Crippen LogP contribution is -2.20. The Morgan fingerprint density at radius 3 is 2.41 bits per heavy atom. The molecule has 0 bridgehead atoms. The molecule has 0 saturated carbocycles. The van der Waals surface area contributed by atoms with Crippen LogP contribution in [0.5, 0.6) is 5.75 Å². The minimum absolute atomic E-state index is 0.0796. The summed E-state index contributed by atoms with van der Waals surface area (Å²) in [6.07, 6.45) is 0. The van der Waals surface area contributed by atoms with Gasteiger partial charge in [-0.1, -0.05) is 34.8 Å². The zero-order chi connectivity index (χ0) is 12.7. The van der Waals surface area contributed by atoms with Crippen molar-refractivity contribution in [2.75, 3.05) is 6.61 Å². The summed E-state index contributed by atoms with van der Waals surface area (Å²) >= 11 is 18.0. The predicted octanol–water partition coefficient (Wildman–Crippen LogP) is 3.11. The highest BCUT2D eigenvalue weighted by Gasteiger charge is 2.34. The first kappa shape index (κ1) is 12.5. The average molecular weight is 294 g/mol. The lowest BCUT2D eigenvalue weighted by molar-refractivity contribution is 0.0983. The highest BCUT2D eigenvalue weighted by molar-refractivity contribution is 6.49. The van der Waals surface area contributed by atoms with Crippen molar-refractivity contribution in [3.8, 4) is 5.75 Å². The van der Waals surface area contributed by atoms with Crippen molar-refractivity contribution in [1.82, 2.24) is 5.32 Å². The van der Waals surface area contributed by atoms with E-state index in [4.69, 9.17) is 44.9 Å². The van der Waals surface area contributed by atoms with E-state index in [2.05, 4.69) is 5.32 Å². The number of hydrogen-bond acceptors (Lipinski definition) is 3. The molecule has 0 saturated heterocycles. The second kappa shape index (κ2) is 4.37. The third-order valence-corrected chi connectivity index (χ3v) is 3.48. The van der Waals surface area contributed by atoms with Gasteiger partial charge in [0.05, 0.1) is 27.8 Å². The van der Waals surface area contributed by atoms with Crippen molar-refractivity contribution in [1.29, 1.82) is 5.41 Å². The Morgan fingerprint density at radius 1 is 1.18 bits per heavy atom. The number of carbonyl (C=O) groups is 1. The second-order valence-corrected chi connectivity index (χ2v) is 4.42. The maximum absolute atomic E-state index is 11.6. The van der Waals surface area contributed by atoms with E-state index in [0.717, 1.165) is 0 Å². The first-order valence-electron chi connectivity index (χ1n) is 4.72. The highest BCUT2D eigenvalue weighted by Crippen LogP contribution is 2.45. The maximum atomic E-state index is 11.6. The number of rotatable bonds is 2. The van der Waals surface area contributed by atoms with E-state index in [9.17, 15) is 4.79 Å². The van der Waals surface area contributed by atoms with Crippen molar-refractivity contribution in [3.63, 3.8) is 0 Å². The summed E-state index contributed by atoms with van der Waals surface area (Å²) in [4.78, 5) is 11.6. The van der Waals surface area contributed by atoms with Crippen LogP contribution in [-0.2, 0) is 0 Å². The molecule has 1 aliphatic rings. The number of amidine groups is 1. The molecule has 17 heavy (non-hydrogen) atoms. The monoisotopic (exact) mass is 292 g/mol. The van der Waals surface area contributed by atoms with Crippen LogP contribution in [0.2, 0.25) is 15.1 Å². The van der Waals surface area contributed by atoms with Crippen LogP contribution in [0.25, 0.3) is 0 Å². The Hall–Kier alpha value is -0.970. The normalized spacial score (nSPS) is 13.6. The fourth-order valence-corrected chi connectivity index (χ4v) is 2.49. The minimum atomic E-state index is -0.477. The first-order valence-corrected chi connectivity index (χ1v) is 5.85. The lowest BCUT2D eigenvalue weighted by Gasteiger charge is -2.12. The molecule has 1 aromatic rings. The summed E-state index contributed by atoms with van der Waals surface area (Å²) in [5, 5.41) is 10.2. The summed E-state index contributed by atoms with van der Waals surface area (Å²) in [7, 11) is 0. The Bertz CT molecular complexity index is 543. The van der Waals surface area contributed by atoms with Crippen molar-refractivity contribution >= 4 is 46.5 Å². The van der Waals surface area contributed by atoms with Gasteiger partial charge in [-0.2, -0.15) is 0 Å². The van der Waals surface area contributed by atoms with E-state index in [1.54, 1.807) is 6.92 Å². The first-order chi connectivity index (χ1) is 7.99. The number of ether oxygens (including phenoxy) is 1. The predicted molar refractivity (Wildman–Crippen MR) is 66.9 cm³/mol. The van der Waals surface area contributed by atoms with Crippen LogP contribution < -0.4 is 10.1 Å². The molecule has 0 atom stereocenters. The van der Waals surface area contributed by atoms with Crippen molar-refractivity contribution in [2.45, 2.75) is 6.92 Å². The Balaban J connectivity index is 2.79. The Labute approximate surface area is 112 Å². The van der Waals surface area contributed by atoms with Crippen LogP contribution >= 0.6 is 34.8 Å². The number of nitrogens with one attached hydrogen (secondary N) is 2. The molecule has 0 aromatic heterocycles. The maximum Gasteiger partial charge on any atom is 0.259 e. The quantitative estimate of drug-likeness (QED) is 0.823. The number of fused-ring (bicyclic) bond motifs is 1. The van der Waals surface area contributed by atoms with Crippen LogP contribution in [0.4, 0.5) is 0 Å². The molecule has 1 aliphatic heterocycles. The molecule has 2 N–H and O–H groups in total. The van der Waals surface area contributed by atoms with Gasteiger partial charge in [0.15, 0.2) is 5.75 Å². The van der Waals surface area contributed by atoms with Gasteiger partial charge in [-0.15, -0.1) is 0 Å². The number of amides is 1. The van der Waals surface area contributed by atoms with E-state index >= 15 is 0 Å². The van der Waals surface area contributed by atoms with Crippen LogP contribution in [0.1, 0.15) is 22.8 Å². The van der Waals surface area contributed by atoms with E-state index in [1.807, 2.05) is 0 Å². The fraction of sp³-hybridized carbons (Fsp3) is 0.200. The van der Waals surface area contributed by atoms with Gasteiger partial charge >= 0.3 is 0 Å². The molecule has 0 unspecified atom stereocenters. The number of benzene rings is 1. The number of carbonyl (C=O) groups excluding carboxylic acids is 1.